The van der Waals surface area contributed by atoms with E-state index in [9.17, 15) is 4.79 Å². The molecule has 0 aromatic carbocycles. The molecule has 15 heavy (non-hydrogen) atoms. The first-order chi connectivity index (χ1) is 7.25. The number of hydrogen-bond donors (Lipinski definition) is 0. The Labute approximate surface area is 86.9 Å². The lowest BCUT2D eigenvalue weighted by molar-refractivity contribution is 0.187. The van der Waals surface area contributed by atoms with E-state index in [1.807, 2.05) is 0 Å². The van der Waals surface area contributed by atoms with E-state index >= 15 is 0 Å². The van der Waals surface area contributed by atoms with E-state index in [4.69, 9.17) is 4.74 Å². The summed E-state index contributed by atoms with van der Waals surface area (Å²) in [4.78, 5) is 15.9. The number of methoxy groups -OCH3 is 1. The SMILES string of the molecule is COCCn1c(=O)n(C)c2ncc[c]c21. The van der Waals surface area contributed by atoms with Gasteiger partial charge in [-0.15, -0.1) is 0 Å². The molecule has 5 heteroatoms. The molecule has 0 aliphatic carbocycles. The average molecular weight is 206 g/mol. The Kier molecular flexibility index (Phi) is 2.55. The van der Waals surface area contributed by atoms with Crippen LogP contribution >= 0.6 is 0 Å². The third-order valence-electron chi connectivity index (χ3n) is 2.33. The third-order valence-corrected chi connectivity index (χ3v) is 2.33. The van der Waals surface area contributed by atoms with E-state index in [0.29, 0.717) is 18.8 Å². The Morgan fingerprint density at radius 2 is 2.40 bits per heavy atom. The largest absolute Gasteiger partial charge is 0.383 e. The van der Waals surface area contributed by atoms with Crippen LogP contribution in [0.1, 0.15) is 0 Å². The summed E-state index contributed by atoms with van der Waals surface area (Å²) in [5, 5.41) is 0. The number of aryl methyl sites for hydroxylation is 1. The van der Waals surface area contributed by atoms with Crippen molar-refractivity contribution < 1.29 is 4.74 Å². The zero-order chi connectivity index (χ0) is 10.8. The van der Waals surface area contributed by atoms with Crippen LogP contribution in [-0.4, -0.2) is 27.8 Å². The quantitative estimate of drug-likeness (QED) is 0.720. The summed E-state index contributed by atoms with van der Waals surface area (Å²) in [5.41, 5.74) is 1.29. The molecule has 0 saturated carbocycles. The van der Waals surface area contributed by atoms with Gasteiger partial charge in [-0.3, -0.25) is 9.13 Å². The fourth-order valence-electron chi connectivity index (χ4n) is 1.55. The second-order valence-corrected chi connectivity index (χ2v) is 3.25. The zero-order valence-electron chi connectivity index (χ0n) is 8.73. The second-order valence-electron chi connectivity index (χ2n) is 3.25. The van der Waals surface area contributed by atoms with Gasteiger partial charge in [0.05, 0.1) is 18.7 Å². The molecule has 0 atom stereocenters. The Balaban J connectivity index is 2.62. The van der Waals surface area contributed by atoms with Gasteiger partial charge in [0.1, 0.15) is 0 Å². The van der Waals surface area contributed by atoms with Gasteiger partial charge in [-0.05, 0) is 6.07 Å². The van der Waals surface area contributed by atoms with Gasteiger partial charge in [0.2, 0.25) is 0 Å². The standard InChI is InChI=1S/C10H12N3O2/c1-12-9-8(4-3-5-11-9)13(10(12)14)6-7-15-2/h3,5H,6-7H2,1-2H3. The molecule has 2 heterocycles. The monoisotopic (exact) mass is 206 g/mol. The molecular formula is C10H12N3O2. The van der Waals surface area contributed by atoms with Gasteiger partial charge >= 0.3 is 5.69 Å². The smallest absolute Gasteiger partial charge is 0.330 e. The number of aromatic nitrogens is 3. The van der Waals surface area contributed by atoms with Crippen molar-refractivity contribution in [2.75, 3.05) is 13.7 Å². The van der Waals surface area contributed by atoms with Crippen molar-refractivity contribution in [2.24, 2.45) is 7.05 Å². The first-order valence-corrected chi connectivity index (χ1v) is 4.66. The van der Waals surface area contributed by atoms with Gasteiger partial charge < -0.3 is 4.74 Å². The van der Waals surface area contributed by atoms with Crippen LogP contribution in [0.5, 0.6) is 0 Å². The highest BCUT2D eigenvalue weighted by atomic mass is 16.5. The van der Waals surface area contributed by atoms with Crippen molar-refractivity contribution >= 4 is 11.2 Å². The molecule has 79 valence electrons. The van der Waals surface area contributed by atoms with Crippen LogP contribution in [0, 0.1) is 6.07 Å². The predicted molar refractivity (Wildman–Crippen MR) is 55.7 cm³/mol. The van der Waals surface area contributed by atoms with Crippen molar-refractivity contribution in [1.82, 2.24) is 14.1 Å². The molecule has 2 aromatic heterocycles. The normalized spacial score (nSPS) is 11.1. The lowest BCUT2D eigenvalue weighted by Gasteiger charge is -2.00. The van der Waals surface area contributed by atoms with Crippen molar-refractivity contribution in [3.05, 3.63) is 28.8 Å². The van der Waals surface area contributed by atoms with Crippen LogP contribution in [0.4, 0.5) is 0 Å². The molecular weight excluding hydrogens is 194 g/mol. The van der Waals surface area contributed by atoms with E-state index in [2.05, 4.69) is 11.1 Å². The molecule has 0 N–H and O–H groups in total. The van der Waals surface area contributed by atoms with E-state index in [1.165, 1.54) is 4.57 Å². The molecule has 0 bridgehead atoms. The van der Waals surface area contributed by atoms with Gasteiger partial charge in [-0.25, -0.2) is 9.78 Å². The van der Waals surface area contributed by atoms with E-state index in [0.717, 1.165) is 5.52 Å². The summed E-state index contributed by atoms with van der Waals surface area (Å²) in [7, 11) is 3.31. The van der Waals surface area contributed by atoms with Crippen LogP contribution in [0.15, 0.2) is 17.1 Å². The minimum absolute atomic E-state index is 0.0861. The Morgan fingerprint density at radius 3 is 3.13 bits per heavy atom. The molecule has 0 aliphatic heterocycles. The number of nitrogens with zero attached hydrogens (tertiary/aromatic N) is 3. The predicted octanol–water partition coefficient (Wildman–Crippen LogP) is 0.182. The van der Waals surface area contributed by atoms with Crippen LogP contribution in [-0.2, 0) is 18.3 Å². The number of pyridine rings is 1. The molecule has 0 aliphatic rings. The molecule has 5 nitrogen and oxygen atoms in total. The minimum atomic E-state index is -0.0861. The van der Waals surface area contributed by atoms with Gasteiger partial charge in [-0.1, -0.05) is 0 Å². The Hall–Kier alpha value is -1.62. The summed E-state index contributed by atoms with van der Waals surface area (Å²) in [5.74, 6) is 0. The zero-order valence-corrected chi connectivity index (χ0v) is 8.73. The highest BCUT2D eigenvalue weighted by molar-refractivity contribution is 5.70. The minimum Gasteiger partial charge on any atom is -0.383 e. The molecule has 0 fully saturated rings. The van der Waals surface area contributed by atoms with Crippen molar-refractivity contribution in [3.63, 3.8) is 0 Å². The number of rotatable bonds is 3. The summed E-state index contributed by atoms with van der Waals surface area (Å²) < 4.78 is 8.09. The second kappa shape index (κ2) is 3.86. The first-order valence-electron chi connectivity index (χ1n) is 4.66. The third kappa shape index (κ3) is 1.55. The molecule has 0 saturated heterocycles. The summed E-state index contributed by atoms with van der Waals surface area (Å²) in [6.45, 7) is 1.02. The Bertz CT molecular complexity index is 527. The van der Waals surface area contributed by atoms with Crippen LogP contribution in [0.3, 0.4) is 0 Å². The van der Waals surface area contributed by atoms with E-state index in [1.54, 1.807) is 31.0 Å². The highest BCUT2D eigenvalue weighted by Gasteiger charge is 2.10. The molecule has 0 amide bonds. The van der Waals surface area contributed by atoms with Gasteiger partial charge in [-0.2, -0.15) is 0 Å². The van der Waals surface area contributed by atoms with Crippen LogP contribution in [0.2, 0.25) is 0 Å². The Morgan fingerprint density at radius 1 is 1.60 bits per heavy atom. The number of hydrogen-bond acceptors (Lipinski definition) is 3. The fourth-order valence-corrected chi connectivity index (χ4v) is 1.55. The molecule has 2 aromatic rings. The summed E-state index contributed by atoms with van der Waals surface area (Å²) >= 11 is 0. The molecule has 1 radical (unpaired) electrons. The molecule has 2 rings (SSSR count). The topological polar surface area (TPSA) is 49.0 Å². The maximum absolute atomic E-state index is 11.8. The first kappa shape index (κ1) is 9.92. The fraction of sp³-hybridized carbons (Fsp3) is 0.400. The number of fused-ring (bicyclic) bond motifs is 1. The average Bonchev–Trinajstić information content (AvgIpc) is 2.51. The van der Waals surface area contributed by atoms with Gasteiger partial charge in [0, 0.05) is 26.4 Å². The van der Waals surface area contributed by atoms with Crippen LogP contribution in [0.25, 0.3) is 11.2 Å². The molecule has 0 spiro atoms. The molecule has 0 unspecified atom stereocenters. The maximum Gasteiger partial charge on any atom is 0.330 e. The summed E-state index contributed by atoms with van der Waals surface area (Å²) in [6, 6.07) is 4.71. The maximum atomic E-state index is 11.8. The van der Waals surface area contributed by atoms with Crippen molar-refractivity contribution in [2.45, 2.75) is 6.54 Å². The number of imidazole rings is 1. The lowest BCUT2D eigenvalue weighted by atomic mass is 10.4. The van der Waals surface area contributed by atoms with Gasteiger partial charge in [0.15, 0.2) is 5.65 Å². The lowest BCUT2D eigenvalue weighted by Crippen LogP contribution is -2.23. The summed E-state index contributed by atoms with van der Waals surface area (Å²) in [6.07, 6.45) is 1.63. The number of ether oxygens (including phenoxy) is 1. The van der Waals surface area contributed by atoms with Gasteiger partial charge in [0.25, 0.3) is 0 Å². The van der Waals surface area contributed by atoms with Crippen molar-refractivity contribution in [1.29, 1.82) is 0 Å². The van der Waals surface area contributed by atoms with Crippen molar-refractivity contribution in [3.8, 4) is 0 Å². The van der Waals surface area contributed by atoms with E-state index in [-0.39, 0.29) is 5.69 Å². The van der Waals surface area contributed by atoms with E-state index < -0.39 is 0 Å². The highest BCUT2D eigenvalue weighted by Crippen LogP contribution is 2.07. The van der Waals surface area contributed by atoms with Crippen LogP contribution < -0.4 is 5.69 Å².